The van der Waals surface area contributed by atoms with E-state index < -0.39 is 11.4 Å². The van der Waals surface area contributed by atoms with Gasteiger partial charge in [-0.3, -0.25) is 9.59 Å². The van der Waals surface area contributed by atoms with E-state index in [-0.39, 0.29) is 38.8 Å². The summed E-state index contributed by atoms with van der Waals surface area (Å²) in [6.07, 6.45) is 14.5. The summed E-state index contributed by atoms with van der Waals surface area (Å²) in [6, 6.07) is 0. The molecular weight excluding hydrogens is 408 g/mol. The third-order valence-electron chi connectivity index (χ3n) is 12.3. The van der Waals surface area contributed by atoms with E-state index in [2.05, 4.69) is 60.6 Å². The Morgan fingerprint density at radius 3 is 2.27 bits per heavy atom. The lowest BCUT2D eigenvalue weighted by Gasteiger charge is -2.69. The zero-order valence-electron chi connectivity index (χ0n) is 21.9. The van der Waals surface area contributed by atoms with E-state index in [1.807, 2.05) is 6.08 Å². The van der Waals surface area contributed by atoms with Crippen molar-refractivity contribution in [2.75, 3.05) is 0 Å². The molecule has 0 spiro atoms. The Kier molecular flexibility index (Phi) is 4.70. The van der Waals surface area contributed by atoms with Gasteiger partial charge in [0.2, 0.25) is 0 Å². The molecule has 1 N–H and O–H groups in total. The maximum atomic E-state index is 12.8. The molecular formula is C30H44O3. The van der Waals surface area contributed by atoms with Crippen molar-refractivity contribution >= 4 is 11.8 Å². The molecule has 3 fully saturated rings. The number of rotatable bonds is 1. The van der Waals surface area contributed by atoms with Gasteiger partial charge in [-0.25, -0.2) is 0 Å². The van der Waals surface area contributed by atoms with Crippen LogP contribution in [-0.4, -0.2) is 16.9 Å². The van der Waals surface area contributed by atoms with Crippen molar-refractivity contribution in [3.05, 3.63) is 23.8 Å². The van der Waals surface area contributed by atoms with E-state index in [9.17, 15) is 14.7 Å². The Balaban J connectivity index is 1.63. The fourth-order valence-electron chi connectivity index (χ4n) is 9.93. The first kappa shape index (κ1) is 23.4. The number of carboxylic acid groups (broad SMARTS) is 1. The molecule has 0 aliphatic heterocycles. The normalized spacial score (nSPS) is 49.7. The van der Waals surface area contributed by atoms with E-state index in [0.717, 1.165) is 51.4 Å². The van der Waals surface area contributed by atoms with Crippen molar-refractivity contribution in [1.82, 2.24) is 0 Å². The monoisotopic (exact) mass is 452 g/mol. The highest BCUT2D eigenvalue weighted by Crippen LogP contribution is 2.74. The second-order valence-electron chi connectivity index (χ2n) is 14.5. The van der Waals surface area contributed by atoms with E-state index in [1.54, 1.807) is 0 Å². The van der Waals surface area contributed by atoms with Gasteiger partial charge in [-0.05, 0) is 96.9 Å². The summed E-state index contributed by atoms with van der Waals surface area (Å²) in [7, 11) is 0. The van der Waals surface area contributed by atoms with Gasteiger partial charge in [0.05, 0.1) is 5.41 Å². The average Bonchev–Trinajstić information content (AvgIpc) is 2.71. The molecule has 0 aromatic heterocycles. The second kappa shape index (κ2) is 6.64. The molecule has 0 amide bonds. The molecule has 3 saturated carbocycles. The lowest BCUT2D eigenvalue weighted by atomic mass is 9.34. The first-order valence-corrected chi connectivity index (χ1v) is 13.3. The Hall–Kier alpha value is -1.38. The van der Waals surface area contributed by atoms with Crippen molar-refractivity contribution in [2.45, 2.75) is 99.8 Å². The third-order valence-corrected chi connectivity index (χ3v) is 12.3. The van der Waals surface area contributed by atoms with Gasteiger partial charge in [-0.1, -0.05) is 66.2 Å². The summed E-state index contributed by atoms with van der Waals surface area (Å²) >= 11 is 0. The predicted octanol–water partition coefficient (Wildman–Crippen LogP) is 7.22. The molecule has 0 heterocycles. The summed E-state index contributed by atoms with van der Waals surface area (Å²) < 4.78 is 0. The van der Waals surface area contributed by atoms with E-state index in [4.69, 9.17) is 0 Å². The highest BCUT2D eigenvalue weighted by Gasteiger charge is 2.68. The van der Waals surface area contributed by atoms with Crippen LogP contribution in [0.3, 0.4) is 0 Å². The molecule has 0 bridgehead atoms. The SMILES string of the molecule is CC1(C)CC[C@]2(C(=O)O)CC[C@]3(C)C(=CCC4[C@@]5(C)C=CC(=O)C(C)(C)[C@@H]5CC[C@]43C)C2C1. The summed E-state index contributed by atoms with van der Waals surface area (Å²) in [4.78, 5) is 25.5. The van der Waals surface area contributed by atoms with Gasteiger partial charge in [0.15, 0.2) is 5.78 Å². The Morgan fingerprint density at radius 2 is 1.61 bits per heavy atom. The summed E-state index contributed by atoms with van der Waals surface area (Å²) in [5.41, 5.74) is 0.928. The number of carbonyl (C=O) groups is 2. The molecule has 3 heteroatoms. The van der Waals surface area contributed by atoms with Gasteiger partial charge >= 0.3 is 5.97 Å². The molecule has 5 aliphatic rings. The van der Waals surface area contributed by atoms with Crippen LogP contribution in [0.2, 0.25) is 0 Å². The van der Waals surface area contributed by atoms with Crippen LogP contribution in [0.1, 0.15) is 99.8 Å². The Morgan fingerprint density at radius 1 is 0.939 bits per heavy atom. The van der Waals surface area contributed by atoms with E-state index in [0.29, 0.717) is 11.8 Å². The topological polar surface area (TPSA) is 54.4 Å². The smallest absolute Gasteiger partial charge is 0.310 e. The number of carboxylic acids is 1. The van der Waals surface area contributed by atoms with Gasteiger partial charge in [0.25, 0.3) is 0 Å². The number of hydrogen-bond acceptors (Lipinski definition) is 2. The second-order valence-corrected chi connectivity index (χ2v) is 14.5. The number of hydrogen-bond donors (Lipinski definition) is 1. The fraction of sp³-hybridized carbons (Fsp3) is 0.800. The highest BCUT2D eigenvalue weighted by atomic mass is 16.4. The molecule has 2 unspecified atom stereocenters. The molecule has 0 saturated heterocycles. The van der Waals surface area contributed by atoms with Crippen LogP contribution in [0.4, 0.5) is 0 Å². The number of carbonyl (C=O) groups excluding carboxylic acids is 1. The Labute approximate surface area is 200 Å². The minimum Gasteiger partial charge on any atom is -0.481 e. The minimum atomic E-state index is -0.579. The van der Waals surface area contributed by atoms with Gasteiger partial charge in [-0.2, -0.15) is 0 Å². The molecule has 5 aliphatic carbocycles. The Bertz CT molecular complexity index is 969. The first-order chi connectivity index (χ1) is 15.1. The van der Waals surface area contributed by atoms with Gasteiger partial charge in [0, 0.05) is 5.41 Å². The van der Waals surface area contributed by atoms with Crippen LogP contribution in [0.25, 0.3) is 0 Å². The molecule has 3 nitrogen and oxygen atoms in total. The van der Waals surface area contributed by atoms with Crippen LogP contribution in [0.15, 0.2) is 23.8 Å². The van der Waals surface area contributed by atoms with Crippen molar-refractivity contribution in [3.8, 4) is 0 Å². The van der Waals surface area contributed by atoms with Crippen LogP contribution >= 0.6 is 0 Å². The summed E-state index contributed by atoms with van der Waals surface area (Å²) in [5.74, 6) is 0.717. The van der Waals surface area contributed by atoms with E-state index >= 15 is 0 Å². The van der Waals surface area contributed by atoms with Crippen LogP contribution < -0.4 is 0 Å². The van der Waals surface area contributed by atoms with Crippen molar-refractivity contribution in [3.63, 3.8) is 0 Å². The molecule has 0 aromatic rings. The molecule has 5 rings (SSSR count). The molecule has 7 atom stereocenters. The number of aliphatic carboxylic acids is 1. The number of ketones is 1. The zero-order valence-corrected chi connectivity index (χ0v) is 21.9. The van der Waals surface area contributed by atoms with Crippen molar-refractivity contribution < 1.29 is 14.7 Å². The highest BCUT2D eigenvalue weighted by molar-refractivity contribution is 5.95. The summed E-state index contributed by atoms with van der Waals surface area (Å²) in [6.45, 7) is 16.4. The molecule has 0 aromatic carbocycles. The summed E-state index contributed by atoms with van der Waals surface area (Å²) in [5, 5.41) is 10.5. The average molecular weight is 453 g/mol. The minimum absolute atomic E-state index is 0.00260. The van der Waals surface area contributed by atoms with E-state index in [1.165, 1.54) is 5.57 Å². The maximum Gasteiger partial charge on any atom is 0.310 e. The zero-order chi connectivity index (χ0) is 24.2. The lowest BCUT2D eigenvalue weighted by Crippen LogP contribution is -2.63. The maximum absolute atomic E-state index is 12.8. The number of allylic oxidation sites excluding steroid dienone is 4. The molecule has 33 heavy (non-hydrogen) atoms. The predicted molar refractivity (Wildman–Crippen MR) is 132 cm³/mol. The third kappa shape index (κ3) is 2.74. The van der Waals surface area contributed by atoms with Crippen molar-refractivity contribution in [1.29, 1.82) is 0 Å². The molecule has 0 radical (unpaired) electrons. The van der Waals surface area contributed by atoms with Crippen molar-refractivity contribution in [2.24, 2.45) is 50.2 Å². The number of fused-ring (bicyclic) bond motifs is 7. The standard InChI is InChI=1S/C30H44O3/c1-25(2)14-16-30(24(32)33)17-15-28(6)19(20(30)18-25)8-9-22-27(5)12-11-23(31)26(3,4)21(27)10-13-29(22,28)7/h8,11-12,20-22H,9-10,13-18H2,1-7H3,(H,32,33)/t20?,21-,22?,27-,28+,29+,30-/m0/s1. The first-order valence-electron chi connectivity index (χ1n) is 13.3. The fourth-order valence-corrected chi connectivity index (χ4v) is 9.93. The quantitative estimate of drug-likeness (QED) is 0.427. The van der Waals surface area contributed by atoms with Gasteiger partial charge in [0.1, 0.15) is 0 Å². The lowest BCUT2D eigenvalue weighted by molar-refractivity contribution is -0.174. The largest absolute Gasteiger partial charge is 0.481 e. The van der Waals surface area contributed by atoms with Gasteiger partial charge in [-0.15, -0.1) is 0 Å². The van der Waals surface area contributed by atoms with Gasteiger partial charge < -0.3 is 5.11 Å². The van der Waals surface area contributed by atoms with Crippen LogP contribution in [-0.2, 0) is 9.59 Å². The molecule has 182 valence electrons. The van der Waals surface area contributed by atoms with Crippen LogP contribution in [0.5, 0.6) is 0 Å². The van der Waals surface area contributed by atoms with Crippen LogP contribution in [0, 0.1) is 50.2 Å².